The SMILES string of the molecule is Cc1ccccc1C(O)CNC(=O)CCc1c(C)noc1Cl. The molecule has 22 heavy (non-hydrogen) atoms. The summed E-state index contributed by atoms with van der Waals surface area (Å²) >= 11 is 5.85. The topological polar surface area (TPSA) is 75.4 Å². The van der Waals surface area contributed by atoms with Crippen LogP contribution in [0.3, 0.4) is 0 Å². The number of benzene rings is 1. The molecule has 2 rings (SSSR count). The summed E-state index contributed by atoms with van der Waals surface area (Å²) in [7, 11) is 0. The van der Waals surface area contributed by atoms with Crippen molar-refractivity contribution in [2.75, 3.05) is 6.54 Å². The van der Waals surface area contributed by atoms with Crippen molar-refractivity contribution in [3.8, 4) is 0 Å². The van der Waals surface area contributed by atoms with Crippen molar-refractivity contribution >= 4 is 17.5 Å². The molecule has 118 valence electrons. The van der Waals surface area contributed by atoms with Crippen molar-refractivity contribution in [1.82, 2.24) is 10.5 Å². The quantitative estimate of drug-likeness (QED) is 0.857. The number of rotatable bonds is 6. The molecule has 0 fully saturated rings. The summed E-state index contributed by atoms with van der Waals surface area (Å²) in [6, 6.07) is 7.56. The van der Waals surface area contributed by atoms with Gasteiger partial charge in [0.1, 0.15) is 0 Å². The van der Waals surface area contributed by atoms with Crippen LogP contribution in [0.25, 0.3) is 0 Å². The van der Waals surface area contributed by atoms with Crippen molar-refractivity contribution in [3.05, 3.63) is 51.9 Å². The van der Waals surface area contributed by atoms with Crippen molar-refractivity contribution in [2.45, 2.75) is 32.8 Å². The second kappa shape index (κ2) is 7.42. The average Bonchev–Trinajstić information content (AvgIpc) is 2.82. The lowest BCUT2D eigenvalue weighted by Gasteiger charge is -2.14. The fraction of sp³-hybridized carbons (Fsp3) is 0.375. The maximum atomic E-state index is 11.9. The minimum atomic E-state index is -0.717. The molecular formula is C16H19ClN2O3. The first-order valence-electron chi connectivity index (χ1n) is 7.10. The van der Waals surface area contributed by atoms with E-state index in [4.69, 9.17) is 16.1 Å². The summed E-state index contributed by atoms with van der Waals surface area (Å²) in [6.07, 6.45) is 0.00832. The number of hydrogen-bond acceptors (Lipinski definition) is 4. The summed E-state index contributed by atoms with van der Waals surface area (Å²) in [5.41, 5.74) is 3.26. The van der Waals surface area contributed by atoms with E-state index in [0.29, 0.717) is 12.1 Å². The number of aliphatic hydroxyl groups is 1. The van der Waals surface area contributed by atoms with Crippen molar-refractivity contribution in [3.63, 3.8) is 0 Å². The first kappa shape index (κ1) is 16.5. The zero-order valence-electron chi connectivity index (χ0n) is 12.6. The Bertz CT molecular complexity index is 635. The lowest BCUT2D eigenvalue weighted by Crippen LogP contribution is -2.28. The standard InChI is InChI=1S/C16H19ClN2O3/c1-10-5-3-4-6-12(10)14(20)9-18-15(21)8-7-13-11(2)19-22-16(13)17/h3-6,14,20H,7-9H2,1-2H3,(H,18,21). The van der Waals surface area contributed by atoms with Crippen LogP contribution < -0.4 is 5.32 Å². The minimum absolute atomic E-state index is 0.149. The molecule has 0 aliphatic heterocycles. The maximum absolute atomic E-state index is 11.9. The van der Waals surface area contributed by atoms with Crippen LogP contribution in [0.4, 0.5) is 0 Å². The third kappa shape index (κ3) is 4.08. The number of amides is 1. The molecule has 0 saturated carbocycles. The van der Waals surface area contributed by atoms with Gasteiger partial charge in [-0.3, -0.25) is 4.79 Å². The van der Waals surface area contributed by atoms with E-state index >= 15 is 0 Å². The van der Waals surface area contributed by atoms with Crippen LogP contribution in [-0.4, -0.2) is 22.7 Å². The van der Waals surface area contributed by atoms with Gasteiger partial charge in [0, 0.05) is 18.5 Å². The molecule has 5 nitrogen and oxygen atoms in total. The van der Waals surface area contributed by atoms with Gasteiger partial charge in [-0.2, -0.15) is 0 Å². The Labute approximate surface area is 134 Å². The number of hydrogen-bond donors (Lipinski definition) is 2. The molecule has 0 spiro atoms. The van der Waals surface area contributed by atoms with Gasteiger partial charge in [-0.15, -0.1) is 0 Å². The summed E-state index contributed by atoms with van der Waals surface area (Å²) in [5, 5.41) is 16.8. The van der Waals surface area contributed by atoms with E-state index in [9.17, 15) is 9.90 Å². The summed E-state index contributed by atoms with van der Waals surface area (Å²) in [4.78, 5) is 11.9. The lowest BCUT2D eigenvalue weighted by molar-refractivity contribution is -0.121. The molecule has 0 aliphatic rings. The van der Waals surface area contributed by atoms with E-state index in [1.54, 1.807) is 6.92 Å². The van der Waals surface area contributed by atoms with Crippen LogP contribution in [0.1, 0.15) is 34.9 Å². The first-order valence-corrected chi connectivity index (χ1v) is 7.47. The molecule has 1 aromatic carbocycles. The summed E-state index contributed by atoms with van der Waals surface area (Å²) in [5.74, 6) is -0.149. The minimum Gasteiger partial charge on any atom is -0.387 e. The van der Waals surface area contributed by atoms with Gasteiger partial charge < -0.3 is 14.9 Å². The zero-order valence-corrected chi connectivity index (χ0v) is 13.4. The van der Waals surface area contributed by atoms with Gasteiger partial charge in [0.25, 0.3) is 0 Å². The number of aromatic nitrogens is 1. The van der Waals surface area contributed by atoms with Crippen LogP contribution in [-0.2, 0) is 11.2 Å². The van der Waals surface area contributed by atoms with Crippen molar-refractivity contribution in [2.24, 2.45) is 0 Å². The number of carbonyl (C=O) groups excluding carboxylic acids is 1. The maximum Gasteiger partial charge on any atom is 0.229 e. The van der Waals surface area contributed by atoms with Crippen LogP contribution >= 0.6 is 11.6 Å². The van der Waals surface area contributed by atoms with E-state index in [-0.39, 0.29) is 24.1 Å². The Hall–Kier alpha value is -1.85. The van der Waals surface area contributed by atoms with Gasteiger partial charge in [-0.1, -0.05) is 29.4 Å². The molecule has 2 aromatic rings. The molecule has 1 heterocycles. The number of nitrogens with one attached hydrogen (secondary N) is 1. The predicted octanol–water partition coefficient (Wildman–Crippen LogP) is 2.73. The molecule has 0 saturated heterocycles. The highest BCUT2D eigenvalue weighted by atomic mass is 35.5. The Morgan fingerprint density at radius 1 is 1.41 bits per heavy atom. The highest BCUT2D eigenvalue weighted by Crippen LogP contribution is 2.20. The number of aryl methyl sites for hydroxylation is 2. The van der Waals surface area contributed by atoms with Crippen LogP contribution in [0.15, 0.2) is 28.8 Å². The van der Waals surface area contributed by atoms with E-state index in [0.717, 1.165) is 16.7 Å². The molecule has 0 bridgehead atoms. The fourth-order valence-corrected chi connectivity index (χ4v) is 2.51. The summed E-state index contributed by atoms with van der Waals surface area (Å²) in [6.45, 7) is 3.89. The highest BCUT2D eigenvalue weighted by Gasteiger charge is 2.14. The molecule has 1 unspecified atom stereocenters. The number of aliphatic hydroxyl groups excluding tert-OH is 1. The molecule has 1 aromatic heterocycles. The van der Waals surface area contributed by atoms with E-state index in [1.165, 1.54) is 0 Å². The van der Waals surface area contributed by atoms with Gasteiger partial charge in [0.15, 0.2) is 0 Å². The van der Waals surface area contributed by atoms with E-state index < -0.39 is 6.10 Å². The lowest BCUT2D eigenvalue weighted by atomic mass is 10.0. The van der Waals surface area contributed by atoms with Gasteiger partial charge in [0.05, 0.1) is 11.8 Å². The fourth-order valence-electron chi connectivity index (χ4n) is 2.25. The monoisotopic (exact) mass is 322 g/mol. The molecule has 1 atom stereocenters. The van der Waals surface area contributed by atoms with Crippen LogP contribution in [0.2, 0.25) is 5.22 Å². The second-order valence-electron chi connectivity index (χ2n) is 5.20. The molecular weight excluding hydrogens is 304 g/mol. The number of carbonyl (C=O) groups is 1. The van der Waals surface area contributed by atoms with Gasteiger partial charge >= 0.3 is 0 Å². The molecule has 1 amide bonds. The third-order valence-electron chi connectivity index (χ3n) is 3.58. The Morgan fingerprint density at radius 3 is 2.77 bits per heavy atom. The molecule has 2 N–H and O–H groups in total. The van der Waals surface area contributed by atoms with Gasteiger partial charge in [0.2, 0.25) is 11.1 Å². The summed E-state index contributed by atoms with van der Waals surface area (Å²) < 4.78 is 4.84. The number of halogens is 1. The van der Waals surface area contributed by atoms with Gasteiger partial charge in [-0.05, 0) is 43.0 Å². The third-order valence-corrected chi connectivity index (χ3v) is 3.88. The molecule has 6 heteroatoms. The first-order chi connectivity index (χ1) is 10.5. The Kier molecular flexibility index (Phi) is 5.57. The predicted molar refractivity (Wildman–Crippen MR) is 83.7 cm³/mol. The van der Waals surface area contributed by atoms with Gasteiger partial charge in [-0.25, -0.2) is 0 Å². The van der Waals surface area contributed by atoms with Crippen LogP contribution in [0.5, 0.6) is 0 Å². The van der Waals surface area contributed by atoms with E-state index in [1.807, 2.05) is 31.2 Å². The smallest absolute Gasteiger partial charge is 0.229 e. The highest BCUT2D eigenvalue weighted by molar-refractivity contribution is 6.29. The van der Waals surface area contributed by atoms with Crippen molar-refractivity contribution in [1.29, 1.82) is 0 Å². The normalized spacial score (nSPS) is 12.2. The van der Waals surface area contributed by atoms with E-state index in [2.05, 4.69) is 10.5 Å². The largest absolute Gasteiger partial charge is 0.387 e. The van der Waals surface area contributed by atoms with Crippen molar-refractivity contribution < 1.29 is 14.4 Å². The average molecular weight is 323 g/mol. The molecule has 0 aliphatic carbocycles. The second-order valence-corrected chi connectivity index (χ2v) is 5.54. The number of nitrogens with zero attached hydrogens (tertiary/aromatic N) is 1. The Morgan fingerprint density at radius 2 is 2.14 bits per heavy atom. The zero-order chi connectivity index (χ0) is 16.1. The Balaban J connectivity index is 1.82. The van der Waals surface area contributed by atoms with Crippen LogP contribution in [0, 0.1) is 13.8 Å². The molecule has 0 radical (unpaired) electrons.